The van der Waals surface area contributed by atoms with E-state index in [2.05, 4.69) is 45.1 Å². The van der Waals surface area contributed by atoms with Crippen LogP contribution in [0.3, 0.4) is 0 Å². The summed E-state index contributed by atoms with van der Waals surface area (Å²) in [5, 5.41) is 19.2. The predicted molar refractivity (Wildman–Crippen MR) is 102 cm³/mol. The zero-order chi connectivity index (χ0) is 17.9. The number of aromatic nitrogens is 3. The van der Waals surface area contributed by atoms with Crippen LogP contribution in [0.4, 0.5) is 5.95 Å². The zero-order valence-electron chi connectivity index (χ0n) is 14.4. The summed E-state index contributed by atoms with van der Waals surface area (Å²) in [6, 6.07) is 12.1. The molecule has 1 aliphatic heterocycles. The Morgan fingerprint density at radius 2 is 2.12 bits per heavy atom. The number of hydrogen-bond acceptors (Lipinski definition) is 6. The van der Waals surface area contributed by atoms with Crippen LogP contribution in [0, 0.1) is 0 Å². The van der Waals surface area contributed by atoms with Gasteiger partial charge in [0.1, 0.15) is 11.8 Å². The number of aryl methyl sites for hydroxylation is 1. The maximum Gasteiger partial charge on any atom is 0.226 e. The van der Waals surface area contributed by atoms with Gasteiger partial charge < -0.3 is 15.2 Å². The molecule has 0 unspecified atom stereocenters. The van der Waals surface area contributed by atoms with Crippen LogP contribution in [-0.4, -0.2) is 33.6 Å². The van der Waals surface area contributed by atoms with Crippen molar-refractivity contribution in [2.45, 2.75) is 18.9 Å². The van der Waals surface area contributed by atoms with E-state index in [4.69, 9.17) is 9.84 Å². The maximum atomic E-state index is 9.08. The van der Waals surface area contributed by atoms with Crippen molar-refractivity contribution in [1.82, 2.24) is 14.8 Å². The van der Waals surface area contributed by atoms with Gasteiger partial charge in [-0.2, -0.15) is 10.1 Å². The number of nitrogens with one attached hydrogen (secondary N) is 1. The van der Waals surface area contributed by atoms with E-state index in [1.165, 1.54) is 0 Å². The van der Waals surface area contributed by atoms with Crippen LogP contribution in [0.15, 0.2) is 47.9 Å². The van der Waals surface area contributed by atoms with Gasteiger partial charge in [0, 0.05) is 13.0 Å². The average Bonchev–Trinajstić information content (AvgIpc) is 3.35. The molecule has 3 heterocycles. The molecule has 1 aromatic carbocycles. The Labute approximate surface area is 155 Å². The monoisotopic (exact) mass is 368 g/mol. The third kappa shape index (κ3) is 3.23. The maximum absolute atomic E-state index is 9.08. The molecular formula is C19H20N4O2S. The van der Waals surface area contributed by atoms with Crippen LogP contribution < -0.4 is 10.1 Å². The number of aliphatic hydroxyl groups is 1. The van der Waals surface area contributed by atoms with Gasteiger partial charge in [-0.15, -0.1) is 11.3 Å². The third-order valence-corrected chi connectivity index (χ3v) is 5.22. The number of nitrogens with zero attached hydrogens (tertiary/aromatic N) is 3. The second-order valence-electron chi connectivity index (χ2n) is 6.02. The van der Waals surface area contributed by atoms with Crippen LogP contribution >= 0.6 is 11.3 Å². The van der Waals surface area contributed by atoms with E-state index in [1.54, 1.807) is 18.4 Å². The molecule has 3 aromatic rings. The van der Waals surface area contributed by atoms with Crippen molar-refractivity contribution >= 4 is 23.0 Å². The Morgan fingerprint density at radius 3 is 2.81 bits per heavy atom. The van der Waals surface area contributed by atoms with Crippen molar-refractivity contribution in [1.29, 1.82) is 0 Å². The van der Waals surface area contributed by atoms with Crippen molar-refractivity contribution in [3.8, 4) is 5.75 Å². The van der Waals surface area contributed by atoms with E-state index in [0.29, 0.717) is 12.8 Å². The number of thiophene rings is 1. The van der Waals surface area contributed by atoms with Crippen molar-refractivity contribution in [3.05, 3.63) is 64.1 Å². The highest BCUT2D eigenvalue weighted by atomic mass is 32.1. The third-order valence-electron chi connectivity index (χ3n) is 4.31. The van der Waals surface area contributed by atoms with Gasteiger partial charge in [0.15, 0.2) is 5.82 Å². The van der Waals surface area contributed by atoms with Crippen LogP contribution in [0.25, 0.3) is 5.70 Å². The quantitative estimate of drug-likeness (QED) is 0.698. The number of aliphatic hydroxyl groups excluding tert-OH is 1. The molecule has 1 aliphatic rings. The standard InChI is InChI=1S/C19H20N4O2S/c1-25-14-8-6-13(7-9-14)16-12-15(17-4-3-11-26-17)20-19-21-18(5-2-10-24)22-23(16)19/h3-4,6-9,11-12,16,24H,2,5,10H2,1H3,(H,20,21,22)/t16-/m1/s1. The summed E-state index contributed by atoms with van der Waals surface area (Å²) in [4.78, 5) is 5.79. The van der Waals surface area contributed by atoms with Gasteiger partial charge in [-0.1, -0.05) is 18.2 Å². The molecule has 0 aliphatic carbocycles. The normalized spacial score (nSPS) is 15.9. The minimum Gasteiger partial charge on any atom is -0.497 e. The largest absolute Gasteiger partial charge is 0.497 e. The zero-order valence-corrected chi connectivity index (χ0v) is 15.2. The molecule has 0 saturated carbocycles. The molecule has 4 rings (SSSR count). The number of rotatable bonds is 6. The molecule has 0 saturated heterocycles. The van der Waals surface area contributed by atoms with E-state index in [0.717, 1.165) is 33.7 Å². The molecule has 0 radical (unpaired) electrons. The summed E-state index contributed by atoms with van der Waals surface area (Å²) in [6.07, 6.45) is 3.48. The minimum atomic E-state index is -0.0513. The highest BCUT2D eigenvalue weighted by Crippen LogP contribution is 2.34. The van der Waals surface area contributed by atoms with Crippen molar-refractivity contribution in [2.75, 3.05) is 19.0 Å². The van der Waals surface area contributed by atoms with Crippen LogP contribution in [0.1, 0.15) is 28.7 Å². The fourth-order valence-electron chi connectivity index (χ4n) is 2.99. The van der Waals surface area contributed by atoms with Gasteiger partial charge in [0.2, 0.25) is 5.95 Å². The molecule has 134 valence electrons. The van der Waals surface area contributed by atoms with E-state index < -0.39 is 0 Å². The van der Waals surface area contributed by atoms with E-state index in [-0.39, 0.29) is 12.6 Å². The Morgan fingerprint density at radius 1 is 1.27 bits per heavy atom. The molecule has 6 nitrogen and oxygen atoms in total. The summed E-state index contributed by atoms with van der Waals surface area (Å²) in [5.41, 5.74) is 2.15. The summed E-state index contributed by atoms with van der Waals surface area (Å²) >= 11 is 1.69. The number of fused-ring (bicyclic) bond motifs is 1. The van der Waals surface area contributed by atoms with E-state index in [1.807, 2.05) is 22.9 Å². The molecule has 0 spiro atoms. The second kappa shape index (κ2) is 7.31. The highest BCUT2D eigenvalue weighted by Gasteiger charge is 2.25. The molecule has 0 bridgehead atoms. The first-order valence-corrected chi connectivity index (χ1v) is 9.39. The Hall–Kier alpha value is -2.64. The molecular weight excluding hydrogens is 348 g/mol. The fraction of sp³-hybridized carbons (Fsp3) is 0.263. The van der Waals surface area contributed by atoms with Gasteiger partial charge in [-0.05, 0) is 41.6 Å². The molecule has 26 heavy (non-hydrogen) atoms. The SMILES string of the molecule is COc1ccc([C@H]2C=C(c3cccs3)Nc3nc(CCCO)nn32)cc1. The molecule has 0 amide bonds. The van der Waals surface area contributed by atoms with Gasteiger partial charge in [0.05, 0.1) is 17.7 Å². The van der Waals surface area contributed by atoms with Crippen molar-refractivity contribution in [2.24, 2.45) is 0 Å². The lowest BCUT2D eigenvalue weighted by molar-refractivity contribution is 0.287. The molecule has 0 fully saturated rings. The molecule has 7 heteroatoms. The number of anilines is 1. The first-order valence-electron chi connectivity index (χ1n) is 8.51. The van der Waals surface area contributed by atoms with Crippen molar-refractivity contribution < 1.29 is 9.84 Å². The number of ether oxygens (including phenoxy) is 1. The fourth-order valence-corrected chi connectivity index (χ4v) is 3.70. The van der Waals surface area contributed by atoms with Gasteiger partial charge in [-0.25, -0.2) is 4.68 Å². The molecule has 2 aromatic heterocycles. The smallest absolute Gasteiger partial charge is 0.226 e. The van der Waals surface area contributed by atoms with Gasteiger partial charge >= 0.3 is 0 Å². The lowest BCUT2D eigenvalue weighted by Gasteiger charge is -2.23. The van der Waals surface area contributed by atoms with E-state index >= 15 is 0 Å². The number of hydrogen-bond donors (Lipinski definition) is 2. The second-order valence-corrected chi connectivity index (χ2v) is 6.97. The number of methoxy groups -OCH3 is 1. The van der Waals surface area contributed by atoms with Crippen LogP contribution in [0.2, 0.25) is 0 Å². The number of allylic oxidation sites excluding steroid dienone is 1. The lowest BCUT2D eigenvalue weighted by Crippen LogP contribution is -2.19. The summed E-state index contributed by atoms with van der Waals surface area (Å²) in [7, 11) is 1.66. The van der Waals surface area contributed by atoms with E-state index in [9.17, 15) is 0 Å². The first kappa shape index (κ1) is 16.8. The number of benzene rings is 1. The summed E-state index contributed by atoms with van der Waals surface area (Å²) < 4.78 is 7.18. The predicted octanol–water partition coefficient (Wildman–Crippen LogP) is 3.33. The van der Waals surface area contributed by atoms with Gasteiger partial charge in [0.25, 0.3) is 0 Å². The molecule has 1 atom stereocenters. The van der Waals surface area contributed by atoms with Gasteiger partial charge in [-0.3, -0.25) is 0 Å². The van der Waals surface area contributed by atoms with Crippen LogP contribution in [0.5, 0.6) is 5.75 Å². The summed E-state index contributed by atoms with van der Waals surface area (Å²) in [6.45, 7) is 0.137. The van der Waals surface area contributed by atoms with Crippen LogP contribution in [-0.2, 0) is 6.42 Å². The van der Waals surface area contributed by atoms with Crippen molar-refractivity contribution in [3.63, 3.8) is 0 Å². The first-order chi connectivity index (χ1) is 12.8. The Balaban J connectivity index is 1.74. The average molecular weight is 368 g/mol. The minimum absolute atomic E-state index is 0.0513. The summed E-state index contributed by atoms with van der Waals surface area (Å²) in [5.74, 6) is 2.29. The highest BCUT2D eigenvalue weighted by molar-refractivity contribution is 7.11. The lowest BCUT2D eigenvalue weighted by atomic mass is 10.0. The Kier molecular flexibility index (Phi) is 4.73. The topological polar surface area (TPSA) is 72.2 Å². The molecule has 2 N–H and O–H groups in total. The Bertz CT molecular complexity index is 900.